The first kappa shape index (κ1) is 22.3. The first-order valence-electron chi connectivity index (χ1n) is 11.7. The fourth-order valence-electron chi connectivity index (χ4n) is 4.36. The number of aromatic nitrogens is 7. The predicted molar refractivity (Wildman–Crippen MR) is 129 cm³/mol. The van der Waals surface area contributed by atoms with Gasteiger partial charge in [0.15, 0.2) is 11.6 Å². The van der Waals surface area contributed by atoms with Gasteiger partial charge in [0.25, 0.3) is 0 Å². The lowest BCUT2D eigenvalue weighted by Crippen LogP contribution is -2.10. The van der Waals surface area contributed by atoms with E-state index < -0.39 is 0 Å². The topological polar surface area (TPSA) is 96.7 Å². The average Bonchev–Trinajstić information content (AvgIpc) is 3.58. The molecule has 3 aromatic heterocycles. The summed E-state index contributed by atoms with van der Waals surface area (Å²) < 4.78 is 29.6. The van der Waals surface area contributed by atoms with Crippen molar-refractivity contribution in [3.8, 4) is 28.6 Å². The Hall–Kier alpha value is -4.18. The van der Waals surface area contributed by atoms with Gasteiger partial charge in [-0.3, -0.25) is 4.57 Å². The number of halogens is 1. The van der Waals surface area contributed by atoms with E-state index in [1.807, 2.05) is 41.2 Å². The molecule has 0 N–H and O–H groups in total. The van der Waals surface area contributed by atoms with Crippen molar-refractivity contribution in [2.75, 3.05) is 0 Å². The molecule has 9 nitrogen and oxygen atoms in total. The monoisotopic (exact) mass is 485 g/mol. The van der Waals surface area contributed by atoms with E-state index >= 15 is 0 Å². The van der Waals surface area contributed by atoms with E-state index in [1.54, 1.807) is 12.4 Å². The third kappa shape index (κ3) is 3.79. The molecule has 0 saturated heterocycles. The molecule has 182 valence electrons. The summed E-state index contributed by atoms with van der Waals surface area (Å²) in [6.45, 7) is 7.10. The number of nitrogens with zero attached hydrogens (tertiary/aromatic N) is 7. The molecule has 0 radical (unpaired) electrons. The maximum atomic E-state index is 14.3. The summed E-state index contributed by atoms with van der Waals surface area (Å²) in [5.41, 5.74) is 5.05. The number of aryl methyl sites for hydroxylation is 1. The van der Waals surface area contributed by atoms with Gasteiger partial charge >= 0.3 is 0 Å². The molecule has 36 heavy (non-hydrogen) atoms. The quantitative estimate of drug-likeness (QED) is 0.333. The number of hydrogen-bond donors (Lipinski definition) is 0. The highest BCUT2D eigenvalue weighted by Crippen LogP contribution is 2.35. The molecule has 10 heteroatoms. The number of fused-ring (bicyclic) bond motifs is 5. The third-order valence-electron chi connectivity index (χ3n) is 6.36. The minimum Gasteiger partial charge on any atom is -0.369 e. The lowest BCUT2D eigenvalue weighted by atomic mass is 10.1. The Labute approximate surface area is 206 Å². The minimum atomic E-state index is -0.357. The van der Waals surface area contributed by atoms with E-state index in [9.17, 15) is 4.39 Å². The molecule has 1 aliphatic heterocycles. The molecule has 0 aliphatic carbocycles. The van der Waals surface area contributed by atoms with E-state index in [0.717, 1.165) is 22.5 Å². The summed E-state index contributed by atoms with van der Waals surface area (Å²) in [4.78, 5) is 9.14. The Morgan fingerprint density at radius 3 is 2.78 bits per heavy atom. The van der Waals surface area contributed by atoms with Crippen molar-refractivity contribution in [1.82, 2.24) is 34.5 Å². The number of benzene rings is 2. The van der Waals surface area contributed by atoms with Crippen LogP contribution in [-0.4, -0.2) is 34.5 Å². The maximum Gasteiger partial charge on any atom is 0.229 e. The van der Waals surface area contributed by atoms with Gasteiger partial charge in [-0.15, -0.1) is 10.2 Å². The van der Waals surface area contributed by atoms with Crippen LogP contribution in [0.4, 0.5) is 4.39 Å². The highest BCUT2D eigenvalue weighted by Gasteiger charge is 2.28. The molecule has 4 heterocycles. The number of imidazole rings is 1. The molecule has 0 fully saturated rings. The number of hydrogen-bond acceptors (Lipinski definition) is 7. The van der Waals surface area contributed by atoms with Gasteiger partial charge in [-0.1, -0.05) is 43.3 Å². The van der Waals surface area contributed by atoms with Crippen LogP contribution in [0.5, 0.6) is 0 Å². The van der Waals surface area contributed by atoms with Crippen molar-refractivity contribution in [3.63, 3.8) is 0 Å². The fraction of sp³-hybridized carbons (Fsp3) is 0.269. The summed E-state index contributed by atoms with van der Waals surface area (Å²) in [6.07, 6.45) is 1.70. The molecule has 0 atom stereocenters. The second-order valence-electron chi connectivity index (χ2n) is 9.13. The number of rotatable bonds is 6. The Balaban J connectivity index is 1.40. The molecular weight excluding hydrogens is 461 g/mol. The zero-order valence-corrected chi connectivity index (χ0v) is 20.1. The first-order valence-corrected chi connectivity index (χ1v) is 11.7. The second kappa shape index (κ2) is 8.80. The third-order valence-corrected chi connectivity index (χ3v) is 6.36. The summed E-state index contributed by atoms with van der Waals surface area (Å²) in [7, 11) is 0. The van der Waals surface area contributed by atoms with E-state index in [-0.39, 0.29) is 18.3 Å². The van der Waals surface area contributed by atoms with Crippen LogP contribution >= 0.6 is 0 Å². The molecule has 2 aromatic carbocycles. The zero-order chi connectivity index (χ0) is 24.8. The highest BCUT2D eigenvalue weighted by molar-refractivity contribution is 5.71. The zero-order valence-electron chi connectivity index (χ0n) is 20.1. The second-order valence-corrected chi connectivity index (χ2v) is 9.13. The molecule has 5 aromatic rings. The van der Waals surface area contributed by atoms with Crippen LogP contribution in [0.1, 0.15) is 48.3 Å². The first-order chi connectivity index (χ1) is 17.5. The highest BCUT2D eigenvalue weighted by atomic mass is 19.1. The molecule has 0 amide bonds. The Morgan fingerprint density at radius 1 is 1.11 bits per heavy atom. The average molecular weight is 486 g/mol. The van der Waals surface area contributed by atoms with Crippen molar-refractivity contribution in [3.05, 3.63) is 83.1 Å². The van der Waals surface area contributed by atoms with Gasteiger partial charge in [-0.25, -0.2) is 9.37 Å². The van der Waals surface area contributed by atoms with Gasteiger partial charge in [0.2, 0.25) is 11.7 Å². The van der Waals surface area contributed by atoms with Crippen LogP contribution in [0, 0.1) is 12.7 Å². The van der Waals surface area contributed by atoms with Gasteiger partial charge in [0.1, 0.15) is 24.4 Å². The van der Waals surface area contributed by atoms with E-state index in [0.29, 0.717) is 47.8 Å². The molecule has 1 aliphatic rings. The van der Waals surface area contributed by atoms with Crippen molar-refractivity contribution in [1.29, 1.82) is 0 Å². The van der Waals surface area contributed by atoms with Crippen molar-refractivity contribution < 1.29 is 13.7 Å². The van der Waals surface area contributed by atoms with Gasteiger partial charge in [-0.05, 0) is 36.2 Å². The van der Waals surface area contributed by atoms with Crippen LogP contribution in [0.2, 0.25) is 0 Å². The minimum absolute atomic E-state index is 0.0950. The molecule has 0 unspecified atom stereocenters. The molecule has 0 bridgehead atoms. The van der Waals surface area contributed by atoms with E-state index in [4.69, 9.17) is 9.26 Å². The lowest BCUT2D eigenvalue weighted by Gasteiger charge is -2.10. The van der Waals surface area contributed by atoms with Gasteiger partial charge in [0, 0.05) is 11.5 Å². The van der Waals surface area contributed by atoms with Crippen molar-refractivity contribution in [2.24, 2.45) is 0 Å². The van der Waals surface area contributed by atoms with Gasteiger partial charge in [-0.2, -0.15) is 4.98 Å². The summed E-state index contributed by atoms with van der Waals surface area (Å²) >= 11 is 0. The summed E-state index contributed by atoms with van der Waals surface area (Å²) in [5.74, 6) is 1.87. The predicted octanol–water partition coefficient (Wildman–Crippen LogP) is 4.83. The van der Waals surface area contributed by atoms with E-state index in [1.165, 1.54) is 12.1 Å². The fourth-order valence-corrected chi connectivity index (χ4v) is 4.36. The summed E-state index contributed by atoms with van der Waals surface area (Å²) in [5, 5.41) is 13.0. The van der Waals surface area contributed by atoms with Crippen LogP contribution in [-0.2, 0) is 24.5 Å². The van der Waals surface area contributed by atoms with Crippen LogP contribution in [0.15, 0.2) is 53.3 Å². The van der Waals surface area contributed by atoms with Crippen molar-refractivity contribution >= 4 is 0 Å². The Bertz CT molecular complexity index is 1570. The molecule has 6 rings (SSSR count). The molecule has 0 spiro atoms. The Morgan fingerprint density at radius 2 is 1.97 bits per heavy atom. The normalized spacial score (nSPS) is 12.4. The number of ether oxygens (including phenoxy) is 1. The Kier molecular flexibility index (Phi) is 5.45. The maximum absolute atomic E-state index is 14.3. The standard InChI is InChI=1S/C26H24FN7O2/c1-15(2)26-29-24(32-36-26)23-21-11-33-22(13-35-12-17-7-5-4-6-16(17)3)30-31-25(33)19-10-18(27)8-9-20(19)34(21)14-28-23/h4-10,14-15H,11-13H2,1-3H3. The molecular formula is C26H24FN7O2. The summed E-state index contributed by atoms with van der Waals surface area (Å²) in [6, 6.07) is 12.7. The smallest absolute Gasteiger partial charge is 0.229 e. The van der Waals surface area contributed by atoms with Gasteiger partial charge < -0.3 is 13.8 Å². The van der Waals surface area contributed by atoms with Crippen LogP contribution in [0.3, 0.4) is 0 Å². The SMILES string of the molecule is Cc1ccccc1COCc1nnc2n1Cc1c(-c3noc(C(C)C)n3)ncn1-c1ccc(F)cc1-2. The van der Waals surface area contributed by atoms with E-state index in [2.05, 4.69) is 38.3 Å². The molecule has 0 saturated carbocycles. The van der Waals surface area contributed by atoms with Gasteiger partial charge in [0.05, 0.1) is 24.5 Å². The van der Waals surface area contributed by atoms with Crippen LogP contribution in [0.25, 0.3) is 28.6 Å². The van der Waals surface area contributed by atoms with Crippen molar-refractivity contribution in [2.45, 2.75) is 46.4 Å². The lowest BCUT2D eigenvalue weighted by molar-refractivity contribution is 0.0990. The largest absolute Gasteiger partial charge is 0.369 e. The van der Waals surface area contributed by atoms with Crippen LogP contribution < -0.4 is 0 Å².